The number of benzene rings is 1. The van der Waals surface area contributed by atoms with Gasteiger partial charge in [-0.2, -0.15) is 10.5 Å². The smallest absolute Gasteiger partial charge is 0.402 e. The quantitative estimate of drug-likeness (QED) is 0.667. The monoisotopic (exact) mass is 337 g/mol. The Hall–Kier alpha value is -3.08. The van der Waals surface area contributed by atoms with E-state index < -0.39 is 29.8 Å². The lowest BCUT2D eigenvalue weighted by atomic mass is 10.2. The third-order valence-electron chi connectivity index (χ3n) is 2.02. The standard InChI is InChI=1S/C12H5F6N3O2/c13-11(14,15)22-9-2-1-8(21-6-7(4-19)5-20)3-10(9)23-12(16,17)18/h1-3,6,21H. The van der Waals surface area contributed by atoms with Crippen LogP contribution in [0.1, 0.15) is 0 Å². The van der Waals surface area contributed by atoms with E-state index in [0.29, 0.717) is 12.1 Å². The molecule has 0 spiro atoms. The molecule has 0 atom stereocenters. The summed E-state index contributed by atoms with van der Waals surface area (Å²) < 4.78 is 80.0. The van der Waals surface area contributed by atoms with Crippen LogP contribution in [0.2, 0.25) is 0 Å². The van der Waals surface area contributed by atoms with Crippen molar-refractivity contribution < 1.29 is 35.8 Å². The number of nitrogens with zero attached hydrogens (tertiary/aromatic N) is 2. The van der Waals surface area contributed by atoms with Gasteiger partial charge < -0.3 is 14.8 Å². The van der Waals surface area contributed by atoms with Crippen molar-refractivity contribution in [1.82, 2.24) is 0 Å². The highest BCUT2D eigenvalue weighted by Gasteiger charge is 2.36. The van der Waals surface area contributed by atoms with Gasteiger partial charge in [0.25, 0.3) is 0 Å². The second-order valence-electron chi connectivity index (χ2n) is 3.68. The van der Waals surface area contributed by atoms with Crippen LogP contribution < -0.4 is 14.8 Å². The van der Waals surface area contributed by atoms with E-state index in [9.17, 15) is 26.3 Å². The Bertz CT molecular complexity index is 666. The van der Waals surface area contributed by atoms with Crippen molar-refractivity contribution in [2.75, 3.05) is 5.32 Å². The number of rotatable bonds is 4. The summed E-state index contributed by atoms with van der Waals surface area (Å²) in [4.78, 5) is 0. The van der Waals surface area contributed by atoms with Crippen LogP contribution in [0.4, 0.5) is 32.0 Å². The van der Waals surface area contributed by atoms with Crippen molar-refractivity contribution in [3.63, 3.8) is 0 Å². The number of hydrogen-bond acceptors (Lipinski definition) is 5. The SMILES string of the molecule is N#CC(C#N)=CNc1ccc(OC(F)(F)F)c(OC(F)(F)F)c1. The minimum Gasteiger partial charge on any atom is -0.402 e. The normalized spacial score (nSPS) is 11.0. The summed E-state index contributed by atoms with van der Waals surface area (Å²) in [5, 5.41) is 19.2. The summed E-state index contributed by atoms with van der Waals surface area (Å²) in [6, 6.07) is 5.03. The molecule has 1 rings (SSSR count). The molecule has 0 aliphatic carbocycles. The first-order chi connectivity index (χ1) is 10.5. The van der Waals surface area contributed by atoms with Gasteiger partial charge in [0.15, 0.2) is 11.5 Å². The van der Waals surface area contributed by atoms with Crippen molar-refractivity contribution in [2.45, 2.75) is 12.7 Å². The Balaban J connectivity index is 3.14. The number of hydrogen-bond donors (Lipinski definition) is 1. The van der Waals surface area contributed by atoms with Crippen molar-refractivity contribution in [2.24, 2.45) is 0 Å². The van der Waals surface area contributed by atoms with Gasteiger partial charge in [-0.25, -0.2) is 0 Å². The lowest BCUT2D eigenvalue weighted by molar-refractivity contribution is -0.287. The van der Waals surface area contributed by atoms with E-state index in [1.807, 2.05) is 0 Å². The summed E-state index contributed by atoms with van der Waals surface area (Å²) in [6.45, 7) is 0. The molecule has 0 unspecified atom stereocenters. The number of ether oxygens (including phenoxy) is 2. The molecule has 1 N–H and O–H groups in total. The first kappa shape index (κ1) is 18.0. The zero-order valence-electron chi connectivity index (χ0n) is 10.8. The molecule has 5 nitrogen and oxygen atoms in total. The molecule has 0 saturated carbocycles. The Morgan fingerprint density at radius 2 is 1.48 bits per heavy atom. The molecular weight excluding hydrogens is 332 g/mol. The van der Waals surface area contributed by atoms with E-state index >= 15 is 0 Å². The molecule has 0 fully saturated rings. The summed E-state index contributed by atoms with van der Waals surface area (Å²) >= 11 is 0. The molecule has 11 heteroatoms. The number of anilines is 1. The molecule has 0 heterocycles. The summed E-state index contributed by atoms with van der Waals surface area (Å²) in [6.07, 6.45) is -9.60. The molecule has 0 bridgehead atoms. The van der Waals surface area contributed by atoms with Crippen LogP contribution in [0.5, 0.6) is 11.5 Å². The third kappa shape index (κ3) is 6.48. The number of nitriles is 2. The number of allylic oxidation sites excluding steroid dienone is 1. The summed E-state index contributed by atoms with van der Waals surface area (Å²) in [5.74, 6) is -2.45. The van der Waals surface area contributed by atoms with Gasteiger partial charge in [-0.15, -0.1) is 26.3 Å². The molecule has 1 aromatic carbocycles. The molecule has 1 aromatic rings. The molecule has 0 radical (unpaired) electrons. The van der Waals surface area contributed by atoms with Crippen LogP contribution in [-0.2, 0) is 0 Å². The van der Waals surface area contributed by atoms with E-state index in [0.717, 1.165) is 12.3 Å². The molecule has 0 saturated heterocycles. The zero-order valence-corrected chi connectivity index (χ0v) is 10.8. The predicted molar refractivity (Wildman–Crippen MR) is 62.7 cm³/mol. The van der Waals surface area contributed by atoms with E-state index in [4.69, 9.17) is 10.5 Å². The molecule has 0 amide bonds. The number of nitrogens with one attached hydrogen (secondary N) is 1. The topological polar surface area (TPSA) is 78.1 Å². The first-order valence-electron chi connectivity index (χ1n) is 5.46. The van der Waals surface area contributed by atoms with Crippen LogP contribution in [-0.4, -0.2) is 12.7 Å². The van der Waals surface area contributed by atoms with Gasteiger partial charge in [0.2, 0.25) is 0 Å². The second kappa shape index (κ2) is 6.79. The summed E-state index contributed by atoms with van der Waals surface area (Å²) in [5.41, 5.74) is -0.569. The average molecular weight is 337 g/mol. The van der Waals surface area contributed by atoms with Gasteiger partial charge in [-0.3, -0.25) is 0 Å². The van der Waals surface area contributed by atoms with Gasteiger partial charge >= 0.3 is 12.7 Å². The molecule has 122 valence electrons. The minimum absolute atomic E-state index is 0.165. The molecule has 23 heavy (non-hydrogen) atoms. The third-order valence-corrected chi connectivity index (χ3v) is 2.02. The van der Waals surface area contributed by atoms with Crippen molar-refractivity contribution in [1.29, 1.82) is 10.5 Å². The summed E-state index contributed by atoms with van der Waals surface area (Å²) in [7, 11) is 0. The van der Waals surface area contributed by atoms with Crippen molar-refractivity contribution in [3.05, 3.63) is 30.0 Å². The first-order valence-corrected chi connectivity index (χ1v) is 5.46. The van der Waals surface area contributed by atoms with E-state index in [1.165, 1.54) is 12.1 Å². The Morgan fingerprint density at radius 1 is 0.957 bits per heavy atom. The van der Waals surface area contributed by atoms with E-state index in [-0.39, 0.29) is 5.69 Å². The van der Waals surface area contributed by atoms with Gasteiger partial charge in [-0.1, -0.05) is 0 Å². The largest absolute Gasteiger partial charge is 0.573 e. The number of halogens is 6. The fraction of sp³-hybridized carbons (Fsp3) is 0.167. The Kier molecular flexibility index (Phi) is 5.30. The molecular formula is C12H5F6N3O2. The van der Waals surface area contributed by atoms with Crippen molar-refractivity contribution in [3.8, 4) is 23.6 Å². The zero-order chi connectivity index (χ0) is 17.7. The van der Waals surface area contributed by atoms with Crippen LogP contribution in [0.15, 0.2) is 30.0 Å². The number of alkyl halides is 6. The van der Waals surface area contributed by atoms with Gasteiger partial charge in [0.1, 0.15) is 17.7 Å². The maximum atomic E-state index is 12.2. The second-order valence-corrected chi connectivity index (χ2v) is 3.68. The van der Waals surface area contributed by atoms with Gasteiger partial charge in [0, 0.05) is 18.0 Å². The van der Waals surface area contributed by atoms with E-state index in [1.54, 1.807) is 0 Å². The van der Waals surface area contributed by atoms with Crippen LogP contribution in [0, 0.1) is 22.7 Å². The highest BCUT2D eigenvalue weighted by molar-refractivity contribution is 5.57. The predicted octanol–water partition coefficient (Wildman–Crippen LogP) is 3.83. The van der Waals surface area contributed by atoms with Crippen LogP contribution >= 0.6 is 0 Å². The maximum Gasteiger partial charge on any atom is 0.573 e. The lowest BCUT2D eigenvalue weighted by Crippen LogP contribution is -2.21. The highest BCUT2D eigenvalue weighted by Crippen LogP contribution is 2.37. The van der Waals surface area contributed by atoms with Crippen LogP contribution in [0.3, 0.4) is 0 Å². The average Bonchev–Trinajstić information content (AvgIpc) is 2.39. The van der Waals surface area contributed by atoms with Crippen LogP contribution in [0.25, 0.3) is 0 Å². The minimum atomic E-state index is -5.25. The molecule has 0 aliphatic rings. The Labute approximate surface area is 124 Å². The lowest BCUT2D eigenvalue weighted by Gasteiger charge is -2.16. The molecule has 0 aromatic heterocycles. The van der Waals surface area contributed by atoms with Gasteiger partial charge in [0.05, 0.1) is 0 Å². The van der Waals surface area contributed by atoms with Crippen molar-refractivity contribution >= 4 is 5.69 Å². The molecule has 0 aliphatic heterocycles. The fourth-order valence-corrected chi connectivity index (χ4v) is 1.26. The van der Waals surface area contributed by atoms with Gasteiger partial charge in [-0.05, 0) is 12.1 Å². The maximum absolute atomic E-state index is 12.2. The highest BCUT2D eigenvalue weighted by atomic mass is 19.4. The fourth-order valence-electron chi connectivity index (χ4n) is 1.26. The Morgan fingerprint density at radius 3 is 1.96 bits per heavy atom. The van der Waals surface area contributed by atoms with E-state index in [2.05, 4.69) is 14.8 Å².